The largest absolute Gasteiger partial charge is 0.478 e. The van der Waals surface area contributed by atoms with Crippen LogP contribution < -0.4 is 5.56 Å². The van der Waals surface area contributed by atoms with Gasteiger partial charge in [-0.15, -0.1) is 11.3 Å². The number of aryl methyl sites for hydroxylation is 1. The number of hydrogen-bond acceptors (Lipinski definition) is 4. The van der Waals surface area contributed by atoms with Crippen molar-refractivity contribution in [2.75, 3.05) is 0 Å². The molecule has 0 radical (unpaired) electrons. The summed E-state index contributed by atoms with van der Waals surface area (Å²) in [5.74, 6) is 0.211. The maximum Gasteiger partial charge on any atom is 0.335 e. The highest BCUT2D eigenvalue weighted by Gasteiger charge is 2.24. The van der Waals surface area contributed by atoms with Gasteiger partial charge in [0.25, 0.3) is 5.56 Å². The Bertz CT molecular complexity index is 1020. The van der Waals surface area contributed by atoms with E-state index < -0.39 is 5.97 Å². The Balaban J connectivity index is 1.80. The molecule has 1 aliphatic rings. The number of rotatable bonds is 3. The maximum atomic E-state index is 12.6. The molecule has 0 saturated carbocycles. The summed E-state index contributed by atoms with van der Waals surface area (Å²) in [5, 5.41) is 9.73. The van der Waals surface area contributed by atoms with E-state index in [2.05, 4.69) is 16.9 Å². The van der Waals surface area contributed by atoms with Crippen molar-refractivity contribution in [3.05, 3.63) is 50.6 Å². The summed E-state index contributed by atoms with van der Waals surface area (Å²) < 4.78 is 0. The Morgan fingerprint density at radius 2 is 2.12 bits per heavy atom. The summed E-state index contributed by atoms with van der Waals surface area (Å²) in [7, 11) is 0. The second-order valence-electron chi connectivity index (χ2n) is 6.50. The second kappa shape index (κ2) is 6.11. The van der Waals surface area contributed by atoms with Gasteiger partial charge in [-0.2, -0.15) is 0 Å². The molecule has 25 heavy (non-hydrogen) atoms. The van der Waals surface area contributed by atoms with E-state index in [1.54, 1.807) is 23.5 Å². The molecule has 0 unspecified atom stereocenters. The van der Waals surface area contributed by atoms with Gasteiger partial charge in [0.15, 0.2) is 0 Å². The minimum absolute atomic E-state index is 0.102. The van der Waals surface area contributed by atoms with Crippen LogP contribution in [0.25, 0.3) is 21.6 Å². The first kappa shape index (κ1) is 16.0. The summed E-state index contributed by atoms with van der Waals surface area (Å²) in [6.07, 6.45) is 4.28. The van der Waals surface area contributed by atoms with Crippen LogP contribution in [0, 0.1) is 5.92 Å². The molecule has 1 atom stereocenters. The van der Waals surface area contributed by atoms with E-state index in [1.165, 1.54) is 29.0 Å². The van der Waals surface area contributed by atoms with E-state index in [9.17, 15) is 9.59 Å². The number of benzene rings is 1. The lowest BCUT2D eigenvalue weighted by Crippen LogP contribution is -2.14. The molecule has 0 amide bonds. The molecule has 3 aromatic rings. The highest BCUT2D eigenvalue weighted by Crippen LogP contribution is 2.37. The van der Waals surface area contributed by atoms with Crippen molar-refractivity contribution in [2.45, 2.75) is 32.6 Å². The summed E-state index contributed by atoms with van der Waals surface area (Å²) >= 11 is 1.62. The van der Waals surface area contributed by atoms with Gasteiger partial charge < -0.3 is 10.1 Å². The van der Waals surface area contributed by atoms with Crippen molar-refractivity contribution in [3.8, 4) is 11.4 Å². The smallest absolute Gasteiger partial charge is 0.335 e. The summed E-state index contributed by atoms with van der Waals surface area (Å²) in [6.45, 7) is 2.22. The summed E-state index contributed by atoms with van der Waals surface area (Å²) in [5.41, 5.74) is 1.99. The van der Waals surface area contributed by atoms with E-state index in [4.69, 9.17) is 5.11 Å². The Kier molecular flexibility index (Phi) is 3.92. The number of aromatic amines is 1. The van der Waals surface area contributed by atoms with Crippen LogP contribution in [0.1, 0.15) is 40.6 Å². The van der Waals surface area contributed by atoms with Crippen molar-refractivity contribution in [1.82, 2.24) is 9.97 Å². The Morgan fingerprint density at radius 1 is 1.36 bits per heavy atom. The first-order valence-corrected chi connectivity index (χ1v) is 9.26. The summed E-state index contributed by atoms with van der Waals surface area (Å²) in [4.78, 5) is 33.2. The van der Waals surface area contributed by atoms with Gasteiger partial charge in [0, 0.05) is 10.4 Å². The lowest BCUT2D eigenvalue weighted by molar-refractivity contribution is 0.0697. The molecule has 0 bridgehead atoms. The number of H-pyrrole nitrogens is 1. The first-order chi connectivity index (χ1) is 12.1. The topological polar surface area (TPSA) is 83.0 Å². The standard InChI is InChI=1S/C19H18N2O3S/c1-2-10-3-8-13-14(9-10)25-18-15(13)17(22)20-16(21-18)11-4-6-12(7-5-11)19(23)24/h4-7,10H,2-3,8-9H2,1H3,(H,23,24)(H,20,21,22)/t10-/m1/s1. The minimum atomic E-state index is -0.972. The number of aromatic carboxylic acids is 1. The summed E-state index contributed by atoms with van der Waals surface area (Å²) in [6, 6.07) is 6.39. The predicted molar refractivity (Wildman–Crippen MR) is 98.4 cm³/mol. The third-order valence-corrected chi connectivity index (χ3v) is 6.15. The van der Waals surface area contributed by atoms with Crippen LogP contribution in [0.4, 0.5) is 0 Å². The average Bonchev–Trinajstić information content (AvgIpc) is 2.99. The fraction of sp³-hybridized carbons (Fsp3) is 0.316. The number of aromatic nitrogens is 2. The zero-order chi connectivity index (χ0) is 17.6. The number of carbonyl (C=O) groups is 1. The Morgan fingerprint density at radius 3 is 2.80 bits per heavy atom. The van der Waals surface area contributed by atoms with Crippen LogP contribution in [-0.4, -0.2) is 21.0 Å². The van der Waals surface area contributed by atoms with Gasteiger partial charge in [-0.25, -0.2) is 9.78 Å². The van der Waals surface area contributed by atoms with E-state index in [0.717, 1.165) is 29.5 Å². The van der Waals surface area contributed by atoms with Gasteiger partial charge in [0.05, 0.1) is 10.9 Å². The van der Waals surface area contributed by atoms with Crippen molar-refractivity contribution in [3.63, 3.8) is 0 Å². The number of carboxylic acids is 1. The fourth-order valence-corrected chi connectivity index (χ4v) is 4.84. The molecule has 2 aromatic heterocycles. The molecule has 0 fully saturated rings. The Labute approximate surface area is 148 Å². The van der Waals surface area contributed by atoms with Crippen molar-refractivity contribution in [1.29, 1.82) is 0 Å². The Hall–Kier alpha value is -2.47. The number of nitrogens with one attached hydrogen (secondary N) is 1. The van der Waals surface area contributed by atoms with Crippen LogP contribution in [0.3, 0.4) is 0 Å². The molecule has 6 heteroatoms. The van der Waals surface area contributed by atoms with Gasteiger partial charge in [-0.05, 0) is 42.9 Å². The van der Waals surface area contributed by atoms with Crippen molar-refractivity contribution >= 4 is 27.5 Å². The van der Waals surface area contributed by atoms with Crippen LogP contribution in [0.15, 0.2) is 29.1 Å². The lowest BCUT2D eigenvalue weighted by atomic mass is 9.86. The number of thiophene rings is 1. The van der Waals surface area contributed by atoms with E-state index >= 15 is 0 Å². The highest BCUT2D eigenvalue weighted by molar-refractivity contribution is 7.18. The molecule has 2 N–H and O–H groups in total. The van der Waals surface area contributed by atoms with Crippen LogP contribution >= 0.6 is 11.3 Å². The molecule has 0 saturated heterocycles. The number of carboxylic acid groups (broad SMARTS) is 1. The van der Waals surface area contributed by atoms with Gasteiger partial charge >= 0.3 is 5.97 Å². The molecule has 0 spiro atoms. The van der Waals surface area contributed by atoms with Crippen LogP contribution in [-0.2, 0) is 12.8 Å². The van der Waals surface area contributed by atoms with Crippen molar-refractivity contribution < 1.29 is 9.90 Å². The van der Waals surface area contributed by atoms with Gasteiger partial charge in [0.1, 0.15) is 10.7 Å². The molecule has 2 heterocycles. The molecule has 128 valence electrons. The second-order valence-corrected chi connectivity index (χ2v) is 7.58. The minimum Gasteiger partial charge on any atom is -0.478 e. The van der Waals surface area contributed by atoms with Gasteiger partial charge in [-0.3, -0.25) is 4.79 Å². The molecule has 5 nitrogen and oxygen atoms in total. The molecule has 0 aliphatic heterocycles. The third kappa shape index (κ3) is 2.76. The zero-order valence-electron chi connectivity index (χ0n) is 13.8. The lowest BCUT2D eigenvalue weighted by Gasteiger charge is -2.20. The third-order valence-electron chi connectivity index (χ3n) is 5.00. The van der Waals surface area contributed by atoms with Crippen molar-refractivity contribution in [2.24, 2.45) is 5.92 Å². The monoisotopic (exact) mass is 354 g/mol. The van der Waals surface area contributed by atoms with E-state index in [-0.39, 0.29) is 11.1 Å². The van der Waals surface area contributed by atoms with E-state index in [1.807, 2.05) is 0 Å². The number of fused-ring (bicyclic) bond motifs is 3. The maximum absolute atomic E-state index is 12.6. The van der Waals surface area contributed by atoms with E-state index in [0.29, 0.717) is 17.3 Å². The predicted octanol–water partition coefficient (Wildman–Crippen LogP) is 3.86. The number of hydrogen-bond donors (Lipinski definition) is 2. The normalized spacial score (nSPS) is 16.8. The molecule has 4 rings (SSSR count). The fourth-order valence-electron chi connectivity index (χ4n) is 3.51. The molecule has 1 aliphatic carbocycles. The first-order valence-electron chi connectivity index (χ1n) is 8.45. The quantitative estimate of drug-likeness (QED) is 0.748. The average molecular weight is 354 g/mol. The van der Waals surface area contributed by atoms with Crippen LogP contribution in [0.2, 0.25) is 0 Å². The highest BCUT2D eigenvalue weighted by atomic mass is 32.1. The molecule has 1 aromatic carbocycles. The molecular formula is C19H18N2O3S. The number of nitrogens with zero attached hydrogens (tertiary/aromatic N) is 1. The van der Waals surface area contributed by atoms with Gasteiger partial charge in [-0.1, -0.05) is 25.5 Å². The van der Waals surface area contributed by atoms with Crippen LogP contribution in [0.5, 0.6) is 0 Å². The molecular weight excluding hydrogens is 336 g/mol. The SMILES string of the molecule is CC[C@@H]1CCc2c(sc3nc(-c4ccc(C(=O)O)cc4)[nH]c(=O)c23)C1. The zero-order valence-corrected chi connectivity index (χ0v) is 14.7. The van der Waals surface area contributed by atoms with Gasteiger partial charge in [0.2, 0.25) is 0 Å².